The average Bonchev–Trinajstić information content (AvgIpc) is 2.91. The highest BCUT2D eigenvalue weighted by Crippen LogP contribution is 2.30. The number of H-pyrrole nitrogens is 1. The number of hydrogen-bond donors (Lipinski definition) is 2. The van der Waals surface area contributed by atoms with Crippen LogP contribution >= 0.6 is 0 Å². The van der Waals surface area contributed by atoms with E-state index >= 15 is 0 Å². The summed E-state index contributed by atoms with van der Waals surface area (Å²) >= 11 is 0. The molecule has 0 aliphatic carbocycles. The van der Waals surface area contributed by atoms with Crippen LogP contribution in [0.3, 0.4) is 0 Å². The van der Waals surface area contributed by atoms with Crippen LogP contribution < -0.4 is 0 Å². The summed E-state index contributed by atoms with van der Waals surface area (Å²) in [6.07, 6.45) is 2.10. The van der Waals surface area contributed by atoms with Gasteiger partial charge >= 0.3 is 5.97 Å². The zero-order valence-electron chi connectivity index (χ0n) is 11.8. The fraction of sp³-hybridized carbons (Fsp3) is 0.400. The van der Waals surface area contributed by atoms with Crippen molar-refractivity contribution >= 4 is 22.8 Å². The first-order valence-corrected chi connectivity index (χ1v) is 7.02. The Hall–Kier alpha value is -2.37. The molecular formula is C15H17N3O3. The minimum atomic E-state index is -1.16. The number of carbonyl (C=O) groups is 2. The third kappa shape index (κ3) is 2.07. The molecule has 1 aliphatic rings. The maximum atomic E-state index is 12.8. The molecule has 2 N–H and O–H groups in total. The highest BCUT2D eigenvalue weighted by molar-refractivity contribution is 6.06. The van der Waals surface area contributed by atoms with E-state index in [1.165, 1.54) is 4.90 Å². The Labute approximate surface area is 121 Å². The van der Waals surface area contributed by atoms with Crippen molar-refractivity contribution in [3.05, 3.63) is 30.0 Å². The van der Waals surface area contributed by atoms with Crippen molar-refractivity contribution in [2.24, 2.45) is 0 Å². The van der Waals surface area contributed by atoms with Gasteiger partial charge in [0.05, 0.1) is 5.52 Å². The van der Waals surface area contributed by atoms with Crippen LogP contribution in [-0.2, 0) is 4.79 Å². The van der Waals surface area contributed by atoms with Crippen LogP contribution in [0.4, 0.5) is 0 Å². The zero-order valence-corrected chi connectivity index (χ0v) is 11.8. The summed E-state index contributed by atoms with van der Waals surface area (Å²) in [7, 11) is 0. The lowest BCUT2D eigenvalue weighted by Crippen LogP contribution is -2.57. The van der Waals surface area contributed by atoms with Gasteiger partial charge in [0.2, 0.25) is 0 Å². The van der Waals surface area contributed by atoms with Gasteiger partial charge in [0.1, 0.15) is 5.54 Å². The normalized spacial score (nSPS) is 22.4. The number of hydrogen-bond acceptors (Lipinski definition) is 3. The van der Waals surface area contributed by atoms with E-state index in [2.05, 4.69) is 10.2 Å². The van der Waals surface area contributed by atoms with Crippen molar-refractivity contribution in [2.45, 2.75) is 31.7 Å². The molecule has 1 atom stereocenters. The summed E-state index contributed by atoms with van der Waals surface area (Å²) < 4.78 is 0. The third-order valence-corrected chi connectivity index (χ3v) is 4.27. The van der Waals surface area contributed by atoms with E-state index < -0.39 is 11.5 Å². The Balaban J connectivity index is 2.02. The number of nitrogens with zero attached hydrogens (tertiary/aromatic N) is 2. The van der Waals surface area contributed by atoms with Gasteiger partial charge in [0, 0.05) is 11.9 Å². The van der Waals surface area contributed by atoms with E-state index in [4.69, 9.17) is 0 Å². The number of rotatable bonds is 2. The lowest BCUT2D eigenvalue weighted by Gasteiger charge is -2.41. The highest BCUT2D eigenvalue weighted by Gasteiger charge is 2.44. The molecule has 0 bridgehead atoms. The predicted octanol–water partition coefficient (Wildman–Crippen LogP) is 2.03. The molecule has 6 nitrogen and oxygen atoms in total. The molecule has 0 spiro atoms. The molecule has 6 heteroatoms. The van der Waals surface area contributed by atoms with Crippen LogP contribution in [0.25, 0.3) is 10.9 Å². The lowest BCUT2D eigenvalue weighted by molar-refractivity contribution is -0.150. The number of benzene rings is 1. The minimum Gasteiger partial charge on any atom is -0.480 e. The molecule has 1 aromatic heterocycles. The number of nitrogens with one attached hydrogen (secondary N) is 1. The molecule has 3 rings (SSSR count). The predicted molar refractivity (Wildman–Crippen MR) is 77.0 cm³/mol. The molecule has 2 aromatic rings. The van der Waals surface area contributed by atoms with E-state index in [1.807, 2.05) is 24.3 Å². The van der Waals surface area contributed by atoms with Crippen LogP contribution in [-0.4, -0.2) is 44.2 Å². The average molecular weight is 287 g/mol. The van der Waals surface area contributed by atoms with Crippen molar-refractivity contribution < 1.29 is 14.7 Å². The Morgan fingerprint density at radius 1 is 1.33 bits per heavy atom. The van der Waals surface area contributed by atoms with Crippen LogP contribution in [0.1, 0.15) is 36.7 Å². The smallest absolute Gasteiger partial charge is 0.329 e. The fourth-order valence-corrected chi connectivity index (χ4v) is 2.92. The van der Waals surface area contributed by atoms with Gasteiger partial charge in [-0.15, -0.1) is 0 Å². The Morgan fingerprint density at radius 3 is 2.86 bits per heavy atom. The fourth-order valence-electron chi connectivity index (χ4n) is 2.92. The second kappa shape index (κ2) is 4.87. The molecule has 1 saturated heterocycles. The second-order valence-corrected chi connectivity index (χ2v) is 5.61. The van der Waals surface area contributed by atoms with Crippen LogP contribution in [0.15, 0.2) is 24.3 Å². The molecule has 1 amide bonds. The van der Waals surface area contributed by atoms with Gasteiger partial charge in [-0.1, -0.05) is 18.2 Å². The van der Waals surface area contributed by atoms with Gasteiger partial charge in [-0.25, -0.2) is 4.79 Å². The van der Waals surface area contributed by atoms with Crippen molar-refractivity contribution in [3.8, 4) is 0 Å². The van der Waals surface area contributed by atoms with Gasteiger partial charge in [-0.2, -0.15) is 5.10 Å². The van der Waals surface area contributed by atoms with Crippen molar-refractivity contribution in [3.63, 3.8) is 0 Å². The molecule has 1 aromatic carbocycles. The third-order valence-electron chi connectivity index (χ3n) is 4.27. The summed E-state index contributed by atoms with van der Waals surface area (Å²) in [4.78, 5) is 25.8. The number of piperidine rings is 1. The Kier molecular flexibility index (Phi) is 3.16. The number of para-hydroxylation sites is 1. The van der Waals surface area contributed by atoms with Crippen LogP contribution in [0, 0.1) is 0 Å². The Bertz CT molecular complexity index is 709. The van der Waals surface area contributed by atoms with Crippen LogP contribution in [0.2, 0.25) is 0 Å². The first-order chi connectivity index (χ1) is 10.0. The number of aromatic amines is 1. The topological polar surface area (TPSA) is 86.3 Å². The molecule has 21 heavy (non-hydrogen) atoms. The van der Waals surface area contributed by atoms with Gasteiger partial charge < -0.3 is 10.0 Å². The van der Waals surface area contributed by atoms with E-state index in [1.54, 1.807) is 6.92 Å². The first kappa shape index (κ1) is 13.6. The molecular weight excluding hydrogens is 270 g/mol. The summed E-state index contributed by atoms with van der Waals surface area (Å²) in [5, 5.41) is 17.1. The van der Waals surface area contributed by atoms with E-state index in [0.29, 0.717) is 18.7 Å². The molecule has 1 unspecified atom stereocenters. The van der Waals surface area contributed by atoms with E-state index in [9.17, 15) is 14.7 Å². The molecule has 2 heterocycles. The molecule has 0 saturated carbocycles. The van der Waals surface area contributed by atoms with Crippen molar-refractivity contribution in [2.75, 3.05) is 6.54 Å². The van der Waals surface area contributed by atoms with Crippen molar-refractivity contribution in [1.29, 1.82) is 0 Å². The monoisotopic (exact) mass is 287 g/mol. The summed E-state index contributed by atoms with van der Waals surface area (Å²) in [5.74, 6) is -1.28. The number of fused-ring (bicyclic) bond motifs is 1. The highest BCUT2D eigenvalue weighted by atomic mass is 16.4. The number of carboxylic acids is 1. The zero-order chi connectivity index (χ0) is 15.0. The summed E-state index contributed by atoms with van der Waals surface area (Å²) in [6.45, 7) is 2.06. The standard InChI is InChI=1S/C15H17N3O3/c1-15(14(20)21)8-4-5-9-18(15)13(19)12-10-6-2-3-7-11(10)16-17-12/h2-3,6-7H,4-5,8-9H2,1H3,(H,16,17)(H,20,21). The van der Waals surface area contributed by atoms with Gasteiger partial charge in [0.25, 0.3) is 5.91 Å². The number of amides is 1. The van der Waals surface area contributed by atoms with Crippen molar-refractivity contribution in [1.82, 2.24) is 15.1 Å². The maximum Gasteiger partial charge on any atom is 0.329 e. The number of likely N-dealkylation sites (tertiary alicyclic amines) is 1. The van der Waals surface area contributed by atoms with E-state index in [-0.39, 0.29) is 5.91 Å². The quantitative estimate of drug-likeness (QED) is 0.885. The SMILES string of the molecule is CC1(C(=O)O)CCCCN1C(=O)c1n[nH]c2ccccc12. The summed E-state index contributed by atoms with van der Waals surface area (Å²) in [5.41, 5.74) is -0.0927. The van der Waals surface area contributed by atoms with Crippen LogP contribution in [0.5, 0.6) is 0 Å². The molecule has 1 aliphatic heterocycles. The summed E-state index contributed by atoms with van der Waals surface area (Å²) in [6, 6.07) is 7.35. The molecule has 0 radical (unpaired) electrons. The first-order valence-electron chi connectivity index (χ1n) is 7.02. The minimum absolute atomic E-state index is 0.292. The number of carbonyl (C=O) groups excluding carboxylic acids is 1. The lowest BCUT2D eigenvalue weighted by atomic mass is 9.88. The molecule has 110 valence electrons. The molecule has 1 fully saturated rings. The second-order valence-electron chi connectivity index (χ2n) is 5.61. The van der Waals surface area contributed by atoms with Gasteiger partial charge in [0.15, 0.2) is 5.69 Å². The number of carboxylic acid groups (broad SMARTS) is 1. The maximum absolute atomic E-state index is 12.8. The van der Waals surface area contributed by atoms with Gasteiger partial charge in [-0.05, 0) is 32.3 Å². The largest absolute Gasteiger partial charge is 0.480 e. The number of aromatic nitrogens is 2. The van der Waals surface area contributed by atoms with E-state index in [0.717, 1.165) is 23.7 Å². The number of aliphatic carboxylic acids is 1. The van der Waals surface area contributed by atoms with Gasteiger partial charge in [-0.3, -0.25) is 9.89 Å². The Morgan fingerprint density at radius 2 is 2.10 bits per heavy atom.